The monoisotopic (exact) mass is 451 g/mol. The maximum absolute atomic E-state index is 12.4. The number of hydrogen-bond donors (Lipinski definition) is 1. The molecule has 0 saturated heterocycles. The Hall–Kier alpha value is -0.700. The Balaban J connectivity index is 2.23. The minimum absolute atomic E-state index is 0.00353. The first kappa shape index (κ1) is 16.7. The first-order valence-electron chi connectivity index (χ1n) is 5.92. The van der Waals surface area contributed by atoms with Gasteiger partial charge < -0.3 is 0 Å². The van der Waals surface area contributed by atoms with Crippen LogP contribution < -0.4 is 4.72 Å². The summed E-state index contributed by atoms with van der Waals surface area (Å²) in [5, 5.41) is 0. The molecule has 0 spiro atoms. The van der Waals surface area contributed by atoms with Gasteiger partial charge in [-0.15, -0.1) is 11.3 Å². The van der Waals surface area contributed by atoms with Gasteiger partial charge in [0.15, 0.2) is 5.78 Å². The third-order valence-corrected chi connectivity index (χ3v) is 6.35. The molecule has 8 heteroatoms. The lowest BCUT2D eigenvalue weighted by atomic mass is 10.1. The van der Waals surface area contributed by atoms with Crippen molar-refractivity contribution in [2.45, 2.75) is 6.92 Å². The zero-order chi connectivity index (χ0) is 15.6. The van der Waals surface area contributed by atoms with E-state index in [1.165, 1.54) is 11.3 Å². The Kier molecular flexibility index (Phi) is 5.24. The summed E-state index contributed by atoms with van der Waals surface area (Å²) < 4.78 is 27.0. The number of anilines is 1. The second-order valence-electron chi connectivity index (χ2n) is 4.15. The van der Waals surface area contributed by atoms with E-state index in [0.717, 1.165) is 7.57 Å². The molecular weight excluding hydrogens is 442 g/mol. The molecule has 0 atom stereocenters. The highest BCUT2D eigenvalue weighted by atomic mass is 79.9. The van der Waals surface area contributed by atoms with Gasteiger partial charge in [-0.2, -0.15) is 0 Å². The van der Waals surface area contributed by atoms with Crippen molar-refractivity contribution in [2.24, 2.45) is 0 Å². The number of carbonyl (C=O) groups excluding carboxylic acids is 1. The minimum Gasteiger partial charge on any atom is -0.289 e. The summed E-state index contributed by atoms with van der Waals surface area (Å²) in [5.41, 5.74) is 1.52. The fourth-order valence-corrected chi connectivity index (χ4v) is 5.02. The molecule has 1 heterocycles. The highest BCUT2D eigenvalue weighted by Crippen LogP contribution is 2.33. The second-order valence-corrected chi connectivity index (χ2v) is 9.91. The Morgan fingerprint density at radius 1 is 1.24 bits per heavy atom. The summed E-state index contributed by atoms with van der Waals surface area (Å²) in [5.74, 6) is -0.113. The lowest BCUT2D eigenvalue weighted by Gasteiger charge is -2.06. The third kappa shape index (κ3) is 4.15. The van der Waals surface area contributed by atoms with Gasteiger partial charge in [-0.3, -0.25) is 9.52 Å². The largest absolute Gasteiger partial charge is 0.289 e. The molecule has 0 unspecified atom stereocenters. The first-order chi connectivity index (χ1) is 9.82. The number of ketones is 1. The van der Waals surface area contributed by atoms with Gasteiger partial charge >= 0.3 is 0 Å². The van der Waals surface area contributed by atoms with Crippen LogP contribution in [0.25, 0.3) is 0 Å². The van der Waals surface area contributed by atoms with Gasteiger partial charge in [-0.05, 0) is 69.1 Å². The summed E-state index contributed by atoms with van der Waals surface area (Å²) in [6.45, 7) is 1.56. The van der Waals surface area contributed by atoms with E-state index in [1.54, 1.807) is 37.3 Å². The molecular formula is C13H11Br2NO3S2. The van der Waals surface area contributed by atoms with Crippen molar-refractivity contribution in [3.05, 3.63) is 49.0 Å². The molecule has 4 nitrogen and oxygen atoms in total. The summed E-state index contributed by atoms with van der Waals surface area (Å²) in [7, 11) is -3.31. The zero-order valence-electron chi connectivity index (χ0n) is 10.9. The Morgan fingerprint density at radius 3 is 2.33 bits per heavy atom. The molecule has 1 N–H and O–H groups in total. The maximum atomic E-state index is 12.4. The second kappa shape index (κ2) is 6.60. The molecule has 0 aliphatic carbocycles. The fraction of sp³-hybridized carbons (Fsp3) is 0.154. The molecule has 21 heavy (non-hydrogen) atoms. The molecule has 0 amide bonds. The molecule has 1 aromatic carbocycles. The number of sulfonamides is 1. The fourth-order valence-electron chi connectivity index (χ4n) is 1.59. The number of benzene rings is 1. The first-order valence-corrected chi connectivity index (χ1v) is 9.98. The smallest absolute Gasteiger partial charge is 0.232 e. The minimum atomic E-state index is -3.31. The van der Waals surface area contributed by atoms with Crippen LogP contribution in [-0.2, 0) is 10.0 Å². The molecule has 0 aliphatic rings. The molecule has 0 fully saturated rings. The van der Waals surface area contributed by atoms with Crippen LogP contribution >= 0.6 is 43.2 Å². The van der Waals surface area contributed by atoms with Crippen LogP contribution in [0, 0.1) is 0 Å². The number of hydrogen-bond acceptors (Lipinski definition) is 4. The summed E-state index contributed by atoms with van der Waals surface area (Å²) in [6, 6.07) is 8.12. The van der Waals surface area contributed by atoms with Gasteiger partial charge in [-0.25, -0.2) is 8.42 Å². The Bertz CT molecular complexity index is 767. The number of halogens is 2. The van der Waals surface area contributed by atoms with Gasteiger partial charge in [-0.1, -0.05) is 0 Å². The summed E-state index contributed by atoms with van der Waals surface area (Å²) in [4.78, 5) is 12.4. The van der Waals surface area contributed by atoms with E-state index in [4.69, 9.17) is 0 Å². The van der Waals surface area contributed by atoms with Crippen LogP contribution in [-0.4, -0.2) is 20.0 Å². The Morgan fingerprint density at radius 2 is 1.86 bits per heavy atom. The van der Waals surface area contributed by atoms with Gasteiger partial charge in [0, 0.05) is 16.8 Å². The van der Waals surface area contributed by atoms with Crippen molar-refractivity contribution in [2.75, 3.05) is 10.5 Å². The van der Waals surface area contributed by atoms with E-state index in [0.29, 0.717) is 16.8 Å². The van der Waals surface area contributed by atoms with Crippen LogP contribution in [0.3, 0.4) is 0 Å². The predicted molar refractivity (Wildman–Crippen MR) is 92.7 cm³/mol. The van der Waals surface area contributed by atoms with Crippen molar-refractivity contribution in [1.82, 2.24) is 0 Å². The predicted octanol–water partition coefficient (Wildman–Crippen LogP) is 4.27. The average molecular weight is 453 g/mol. The normalized spacial score (nSPS) is 11.4. The summed E-state index contributed by atoms with van der Waals surface area (Å²) in [6.07, 6.45) is 0. The molecule has 2 aromatic rings. The van der Waals surface area contributed by atoms with E-state index in [2.05, 4.69) is 36.6 Å². The van der Waals surface area contributed by atoms with E-state index < -0.39 is 10.0 Å². The van der Waals surface area contributed by atoms with Crippen LogP contribution in [0.4, 0.5) is 5.69 Å². The number of rotatable bonds is 5. The quantitative estimate of drug-likeness (QED) is 0.689. The molecule has 0 aliphatic heterocycles. The highest BCUT2D eigenvalue weighted by Gasteiger charge is 2.16. The lowest BCUT2D eigenvalue weighted by molar-refractivity contribution is 0.103. The maximum Gasteiger partial charge on any atom is 0.232 e. The van der Waals surface area contributed by atoms with Crippen LogP contribution in [0.2, 0.25) is 0 Å². The SMILES string of the molecule is CCS(=O)(=O)Nc1ccc(C(=O)c2cc(Br)sc2Br)cc1. The molecule has 0 bridgehead atoms. The molecule has 0 radical (unpaired) electrons. The zero-order valence-corrected chi connectivity index (χ0v) is 15.7. The number of thiophene rings is 1. The molecule has 0 saturated carbocycles. The van der Waals surface area contributed by atoms with Crippen molar-refractivity contribution >= 4 is 64.7 Å². The van der Waals surface area contributed by atoms with E-state index in [1.807, 2.05) is 0 Å². The molecule has 112 valence electrons. The van der Waals surface area contributed by atoms with Crippen molar-refractivity contribution < 1.29 is 13.2 Å². The average Bonchev–Trinajstić information content (AvgIpc) is 2.77. The third-order valence-electron chi connectivity index (χ3n) is 2.70. The van der Waals surface area contributed by atoms with Crippen molar-refractivity contribution in [3.63, 3.8) is 0 Å². The van der Waals surface area contributed by atoms with Crippen molar-refractivity contribution in [1.29, 1.82) is 0 Å². The topological polar surface area (TPSA) is 63.2 Å². The lowest BCUT2D eigenvalue weighted by Crippen LogP contribution is -2.14. The van der Waals surface area contributed by atoms with Gasteiger partial charge in [0.2, 0.25) is 10.0 Å². The molecule has 2 rings (SSSR count). The van der Waals surface area contributed by atoms with Crippen LogP contribution in [0.1, 0.15) is 22.8 Å². The van der Waals surface area contributed by atoms with E-state index in [9.17, 15) is 13.2 Å². The Labute approximate surface area is 143 Å². The number of carbonyl (C=O) groups is 1. The van der Waals surface area contributed by atoms with E-state index in [-0.39, 0.29) is 11.5 Å². The summed E-state index contributed by atoms with van der Waals surface area (Å²) >= 11 is 8.12. The van der Waals surface area contributed by atoms with Crippen molar-refractivity contribution in [3.8, 4) is 0 Å². The van der Waals surface area contributed by atoms with E-state index >= 15 is 0 Å². The van der Waals surface area contributed by atoms with Gasteiger partial charge in [0.25, 0.3) is 0 Å². The van der Waals surface area contributed by atoms with Gasteiger partial charge in [0.1, 0.15) is 0 Å². The number of nitrogens with one attached hydrogen (secondary N) is 1. The molecule has 1 aromatic heterocycles. The van der Waals surface area contributed by atoms with Crippen LogP contribution in [0.15, 0.2) is 37.9 Å². The highest BCUT2D eigenvalue weighted by molar-refractivity contribution is 9.12. The van der Waals surface area contributed by atoms with Crippen LogP contribution in [0.5, 0.6) is 0 Å². The standard InChI is InChI=1S/C13H11Br2NO3S2/c1-2-21(18,19)16-9-5-3-8(4-6-9)12(17)10-7-11(14)20-13(10)15/h3-7,16H,2H2,1H3. The van der Waals surface area contributed by atoms with Gasteiger partial charge in [0.05, 0.1) is 13.3 Å².